The number of carbonyl (C=O) groups excluding carboxylic acids is 2. The highest BCUT2D eigenvalue weighted by molar-refractivity contribution is 7.15. The summed E-state index contributed by atoms with van der Waals surface area (Å²) in [6.45, 7) is 6.40. The number of amides is 1. The van der Waals surface area contributed by atoms with Gasteiger partial charge < -0.3 is 19.5 Å². The summed E-state index contributed by atoms with van der Waals surface area (Å²) in [7, 11) is 0. The molecule has 7 heteroatoms. The van der Waals surface area contributed by atoms with E-state index in [0.717, 1.165) is 23.3 Å². The maximum Gasteiger partial charge on any atom is 0.341 e. The van der Waals surface area contributed by atoms with Gasteiger partial charge in [-0.1, -0.05) is 31.2 Å². The van der Waals surface area contributed by atoms with E-state index in [4.69, 9.17) is 14.2 Å². The Morgan fingerprint density at radius 2 is 1.53 bits per heavy atom. The van der Waals surface area contributed by atoms with E-state index in [1.165, 1.54) is 16.9 Å². The van der Waals surface area contributed by atoms with E-state index < -0.39 is 5.97 Å². The van der Waals surface area contributed by atoms with Crippen LogP contribution >= 0.6 is 11.3 Å². The van der Waals surface area contributed by atoms with Crippen LogP contribution in [0.3, 0.4) is 0 Å². The highest BCUT2D eigenvalue weighted by Gasteiger charge is 2.23. The smallest absolute Gasteiger partial charge is 0.341 e. The molecule has 3 aromatic rings. The molecule has 0 saturated heterocycles. The lowest BCUT2D eigenvalue weighted by molar-refractivity contribution is -0.118. The van der Waals surface area contributed by atoms with Crippen LogP contribution in [0.25, 0.3) is 11.1 Å². The van der Waals surface area contributed by atoms with E-state index in [1.807, 2.05) is 36.6 Å². The number of benzene rings is 2. The maximum atomic E-state index is 12.7. The molecule has 0 aliphatic rings. The Bertz CT molecular complexity index is 1040. The van der Waals surface area contributed by atoms with Crippen LogP contribution in [0, 0.1) is 0 Å². The first-order valence-corrected chi connectivity index (χ1v) is 11.5. The fourth-order valence-electron chi connectivity index (χ4n) is 3.10. The van der Waals surface area contributed by atoms with Crippen molar-refractivity contribution in [3.8, 4) is 22.6 Å². The van der Waals surface area contributed by atoms with Gasteiger partial charge in [-0.15, -0.1) is 11.3 Å². The van der Waals surface area contributed by atoms with Gasteiger partial charge in [-0.2, -0.15) is 0 Å². The molecule has 1 N–H and O–H groups in total. The number of anilines is 1. The summed E-state index contributed by atoms with van der Waals surface area (Å²) >= 11 is 1.29. The molecule has 0 fully saturated rings. The largest absolute Gasteiger partial charge is 0.494 e. The zero-order valence-electron chi connectivity index (χ0n) is 18.5. The molecule has 0 aliphatic carbocycles. The second-order valence-electron chi connectivity index (χ2n) is 6.87. The topological polar surface area (TPSA) is 73.9 Å². The number of thiophene rings is 1. The highest BCUT2D eigenvalue weighted by Crippen LogP contribution is 2.36. The van der Waals surface area contributed by atoms with Crippen molar-refractivity contribution in [1.82, 2.24) is 0 Å². The van der Waals surface area contributed by atoms with Gasteiger partial charge in [0.1, 0.15) is 22.1 Å². The number of hydrogen-bond acceptors (Lipinski definition) is 6. The Hall–Kier alpha value is -3.32. The third kappa shape index (κ3) is 5.88. The normalized spacial score (nSPS) is 10.5. The van der Waals surface area contributed by atoms with Crippen molar-refractivity contribution in [3.63, 3.8) is 0 Å². The van der Waals surface area contributed by atoms with Crippen molar-refractivity contribution in [2.24, 2.45) is 0 Å². The Balaban J connectivity index is 1.73. The molecule has 0 radical (unpaired) electrons. The summed E-state index contributed by atoms with van der Waals surface area (Å²) in [5.74, 6) is 0.462. The first-order valence-electron chi connectivity index (χ1n) is 10.6. The monoisotopic (exact) mass is 453 g/mol. The standard InChI is InChI=1S/C25H27NO5S/c1-4-17-7-9-18(10-8-17)21-16-32-24(23(21)25(28)30-6-3)26-22(27)15-31-20-13-11-19(12-14-20)29-5-2/h7-14,16H,4-6,15H2,1-3H3,(H,26,27). The molecule has 0 saturated carbocycles. The number of nitrogens with one attached hydrogen (secondary N) is 1. The van der Waals surface area contributed by atoms with Gasteiger partial charge in [0, 0.05) is 10.9 Å². The van der Waals surface area contributed by atoms with Crippen LogP contribution in [0.4, 0.5) is 5.00 Å². The summed E-state index contributed by atoms with van der Waals surface area (Å²) in [5, 5.41) is 5.09. The Kier molecular flexibility index (Phi) is 8.27. The van der Waals surface area contributed by atoms with Crippen LogP contribution in [0.5, 0.6) is 11.5 Å². The lowest BCUT2D eigenvalue weighted by atomic mass is 10.0. The number of rotatable bonds is 10. The van der Waals surface area contributed by atoms with E-state index in [1.54, 1.807) is 31.2 Å². The Labute approximate surface area is 192 Å². The van der Waals surface area contributed by atoms with E-state index in [2.05, 4.69) is 12.2 Å². The van der Waals surface area contributed by atoms with Crippen molar-refractivity contribution in [2.75, 3.05) is 25.1 Å². The van der Waals surface area contributed by atoms with Gasteiger partial charge in [0.25, 0.3) is 5.91 Å². The summed E-state index contributed by atoms with van der Waals surface area (Å²) in [4.78, 5) is 25.2. The van der Waals surface area contributed by atoms with Crippen LogP contribution in [-0.4, -0.2) is 31.7 Å². The van der Waals surface area contributed by atoms with Crippen molar-refractivity contribution in [1.29, 1.82) is 0 Å². The number of esters is 1. The van der Waals surface area contributed by atoms with E-state index >= 15 is 0 Å². The van der Waals surface area contributed by atoms with Crippen LogP contribution in [-0.2, 0) is 16.0 Å². The summed E-state index contributed by atoms with van der Waals surface area (Å²) in [5.41, 5.74) is 3.20. The third-order valence-corrected chi connectivity index (χ3v) is 5.60. The first kappa shape index (κ1) is 23.3. The quantitative estimate of drug-likeness (QED) is 0.406. The van der Waals surface area contributed by atoms with Gasteiger partial charge in [0.15, 0.2) is 6.61 Å². The number of aryl methyl sites for hydroxylation is 1. The van der Waals surface area contributed by atoms with Gasteiger partial charge >= 0.3 is 5.97 Å². The van der Waals surface area contributed by atoms with E-state index in [9.17, 15) is 9.59 Å². The van der Waals surface area contributed by atoms with Crippen molar-refractivity contribution >= 4 is 28.2 Å². The Morgan fingerprint density at radius 1 is 0.875 bits per heavy atom. The number of ether oxygens (including phenoxy) is 3. The average Bonchev–Trinajstić information content (AvgIpc) is 3.22. The van der Waals surface area contributed by atoms with E-state index in [0.29, 0.717) is 22.9 Å². The van der Waals surface area contributed by atoms with E-state index in [-0.39, 0.29) is 19.1 Å². The molecule has 1 amide bonds. The summed E-state index contributed by atoms with van der Waals surface area (Å²) in [6.07, 6.45) is 0.935. The van der Waals surface area contributed by atoms with Crippen LogP contribution in [0.1, 0.15) is 36.7 Å². The van der Waals surface area contributed by atoms with Gasteiger partial charge in [-0.3, -0.25) is 4.79 Å². The fraction of sp³-hybridized carbons (Fsp3) is 0.280. The summed E-state index contributed by atoms with van der Waals surface area (Å²) < 4.78 is 16.2. The average molecular weight is 454 g/mol. The molecule has 0 bridgehead atoms. The van der Waals surface area contributed by atoms with Crippen LogP contribution in [0.2, 0.25) is 0 Å². The molecular formula is C25H27NO5S. The second kappa shape index (κ2) is 11.3. The maximum absolute atomic E-state index is 12.7. The zero-order valence-corrected chi connectivity index (χ0v) is 19.3. The molecule has 6 nitrogen and oxygen atoms in total. The molecule has 0 unspecified atom stereocenters. The van der Waals surface area contributed by atoms with Gasteiger partial charge in [-0.05, 0) is 55.7 Å². The minimum Gasteiger partial charge on any atom is -0.494 e. The van der Waals surface area contributed by atoms with Crippen molar-refractivity contribution in [2.45, 2.75) is 27.2 Å². The number of hydrogen-bond donors (Lipinski definition) is 1. The number of carbonyl (C=O) groups is 2. The van der Waals surface area contributed by atoms with Crippen LogP contribution in [0.15, 0.2) is 53.9 Å². The zero-order chi connectivity index (χ0) is 22.9. The van der Waals surface area contributed by atoms with Gasteiger partial charge in [0.05, 0.1) is 13.2 Å². The molecule has 32 heavy (non-hydrogen) atoms. The molecule has 3 rings (SSSR count). The molecule has 1 aromatic heterocycles. The molecule has 0 spiro atoms. The second-order valence-corrected chi connectivity index (χ2v) is 7.75. The highest BCUT2D eigenvalue weighted by atomic mass is 32.1. The minimum atomic E-state index is -0.467. The SMILES string of the molecule is CCOC(=O)c1c(-c2ccc(CC)cc2)csc1NC(=O)COc1ccc(OCC)cc1. The van der Waals surface area contributed by atoms with Crippen molar-refractivity contribution in [3.05, 3.63) is 65.0 Å². The third-order valence-electron chi connectivity index (χ3n) is 4.70. The molecular weight excluding hydrogens is 426 g/mol. The van der Waals surface area contributed by atoms with Crippen LogP contribution < -0.4 is 14.8 Å². The lowest BCUT2D eigenvalue weighted by Crippen LogP contribution is -2.21. The minimum absolute atomic E-state index is 0.186. The molecule has 0 aliphatic heterocycles. The molecule has 2 aromatic carbocycles. The lowest BCUT2D eigenvalue weighted by Gasteiger charge is -2.10. The predicted octanol–water partition coefficient (Wildman–Crippen LogP) is 5.57. The molecule has 1 heterocycles. The predicted molar refractivity (Wildman–Crippen MR) is 127 cm³/mol. The fourth-order valence-corrected chi connectivity index (χ4v) is 4.07. The van der Waals surface area contributed by atoms with Gasteiger partial charge in [-0.25, -0.2) is 4.79 Å². The molecule has 168 valence electrons. The van der Waals surface area contributed by atoms with Crippen molar-refractivity contribution < 1.29 is 23.8 Å². The Morgan fingerprint density at radius 3 is 2.12 bits per heavy atom. The summed E-state index contributed by atoms with van der Waals surface area (Å²) in [6, 6.07) is 15.1. The first-order chi connectivity index (χ1) is 15.5. The molecule has 0 atom stereocenters. The van der Waals surface area contributed by atoms with Gasteiger partial charge in [0.2, 0.25) is 0 Å².